The fourth-order valence-corrected chi connectivity index (χ4v) is 5.75. The van der Waals surface area contributed by atoms with Crippen LogP contribution in [0.2, 0.25) is 0 Å². The van der Waals surface area contributed by atoms with E-state index in [0.717, 1.165) is 28.0 Å². The number of rotatable bonds is 5. The van der Waals surface area contributed by atoms with Gasteiger partial charge in [0.25, 0.3) is 10.0 Å². The molecule has 0 fully saturated rings. The van der Waals surface area contributed by atoms with E-state index in [2.05, 4.69) is 23.3 Å². The van der Waals surface area contributed by atoms with Gasteiger partial charge in [-0.2, -0.15) is 17.6 Å². The van der Waals surface area contributed by atoms with Crippen LogP contribution in [0.25, 0.3) is 6.08 Å². The number of fused-ring (bicyclic) bond motifs is 1. The first kappa shape index (κ1) is 21.2. The first-order chi connectivity index (χ1) is 15.9. The zero-order valence-corrected chi connectivity index (χ0v) is 19.3. The Morgan fingerprint density at radius 3 is 2.24 bits per heavy atom. The van der Waals surface area contributed by atoms with Gasteiger partial charge in [-0.1, -0.05) is 72.3 Å². The van der Waals surface area contributed by atoms with Gasteiger partial charge in [-0.3, -0.25) is 0 Å². The number of nitrogens with zero attached hydrogens (tertiary/aromatic N) is 2. The summed E-state index contributed by atoms with van der Waals surface area (Å²) in [5.74, 6) is 0.773. The molecule has 6 heteroatoms. The molecule has 0 bridgehead atoms. The highest BCUT2D eigenvalue weighted by Gasteiger charge is 2.38. The summed E-state index contributed by atoms with van der Waals surface area (Å²) in [5.41, 5.74) is 4.07. The van der Waals surface area contributed by atoms with Gasteiger partial charge in [0.05, 0.1) is 23.9 Å². The van der Waals surface area contributed by atoms with Crippen LogP contribution in [-0.4, -0.2) is 24.7 Å². The van der Waals surface area contributed by atoms with Gasteiger partial charge in [-0.15, -0.1) is 0 Å². The van der Waals surface area contributed by atoms with Crippen molar-refractivity contribution in [2.75, 3.05) is 7.11 Å². The standard InChI is InChI=1S/C27H24N2O3S/c1-20-8-14-25(15-9-20)33(30,31)29-26-18-27(17-16-21(26)19-28-29,22-6-4-3-5-7-22)23-10-12-24(32-2)13-11-23/h3-17,19H,18H2,1-2H3. The van der Waals surface area contributed by atoms with Gasteiger partial charge in [-0.25, -0.2) is 0 Å². The zero-order chi connectivity index (χ0) is 23.1. The smallest absolute Gasteiger partial charge is 0.283 e. The van der Waals surface area contributed by atoms with Crippen LogP contribution in [0.4, 0.5) is 0 Å². The van der Waals surface area contributed by atoms with Gasteiger partial charge >= 0.3 is 0 Å². The van der Waals surface area contributed by atoms with Crippen molar-refractivity contribution in [3.63, 3.8) is 0 Å². The molecule has 5 nitrogen and oxygen atoms in total. The highest BCUT2D eigenvalue weighted by molar-refractivity contribution is 7.89. The van der Waals surface area contributed by atoms with Crippen molar-refractivity contribution in [2.45, 2.75) is 23.7 Å². The minimum Gasteiger partial charge on any atom is -0.497 e. The van der Waals surface area contributed by atoms with Crippen LogP contribution < -0.4 is 4.74 Å². The summed E-state index contributed by atoms with van der Waals surface area (Å²) in [6.45, 7) is 1.93. The van der Waals surface area contributed by atoms with E-state index in [-0.39, 0.29) is 4.90 Å². The summed E-state index contributed by atoms with van der Waals surface area (Å²) in [6, 6.07) is 25.0. The van der Waals surface area contributed by atoms with Crippen molar-refractivity contribution in [2.24, 2.45) is 0 Å². The summed E-state index contributed by atoms with van der Waals surface area (Å²) in [7, 11) is -2.19. The number of aromatic nitrogens is 2. The maximum absolute atomic E-state index is 13.5. The average molecular weight is 457 g/mol. The van der Waals surface area contributed by atoms with Crippen LogP contribution in [0, 0.1) is 6.92 Å². The van der Waals surface area contributed by atoms with E-state index in [1.165, 1.54) is 4.09 Å². The van der Waals surface area contributed by atoms with Crippen molar-refractivity contribution < 1.29 is 13.2 Å². The Hall–Kier alpha value is -3.64. The van der Waals surface area contributed by atoms with Gasteiger partial charge in [0.1, 0.15) is 5.75 Å². The summed E-state index contributed by atoms with van der Waals surface area (Å²) in [5, 5.41) is 4.31. The molecule has 0 spiro atoms. The largest absolute Gasteiger partial charge is 0.497 e. The number of ether oxygens (including phenoxy) is 1. The van der Waals surface area contributed by atoms with E-state index >= 15 is 0 Å². The van der Waals surface area contributed by atoms with Crippen molar-refractivity contribution in [1.29, 1.82) is 0 Å². The normalized spacial score (nSPS) is 17.5. The van der Waals surface area contributed by atoms with Crippen LogP contribution in [0.15, 0.2) is 96.0 Å². The topological polar surface area (TPSA) is 61.2 Å². The van der Waals surface area contributed by atoms with E-state index in [1.807, 2.05) is 55.5 Å². The number of benzene rings is 3. The highest BCUT2D eigenvalue weighted by Crippen LogP contribution is 2.42. The van der Waals surface area contributed by atoms with E-state index in [0.29, 0.717) is 12.1 Å². The lowest BCUT2D eigenvalue weighted by Gasteiger charge is -2.35. The van der Waals surface area contributed by atoms with Gasteiger partial charge in [0.15, 0.2) is 0 Å². The summed E-state index contributed by atoms with van der Waals surface area (Å²) < 4.78 is 33.6. The number of aryl methyl sites for hydroxylation is 1. The van der Waals surface area contributed by atoms with Gasteiger partial charge in [0, 0.05) is 17.4 Å². The molecule has 1 aliphatic rings. The molecule has 0 saturated carbocycles. The average Bonchev–Trinajstić information content (AvgIpc) is 3.29. The molecule has 5 rings (SSSR count). The van der Waals surface area contributed by atoms with Crippen molar-refractivity contribution in [3.8, 4) is 5.75 Å². The third-order valence-corrected chi connectivity index (χ3v) is 7.94. The van der Waals surface area contributed by atoms with Crippen molar-refractivity contribution in [3.05, 3.63) is 119 Å². The number of allylic oxidation sites excluding steroid dienone is 1. The van der Waals surface area contributed by atoms with Crippen LogP contribution in [0.5, 0.6) is 5.75 Å². The molecule has 1 unspecified atom stereocenters. The first-order valence-electron chi connectivity index (χ1n) is 10.7. The molecule has 4 aromatic rings. The summed E-state index contributed by atoms with van der Waals surface area (Å²) in [6.07, 6.45) is 6.21. The molecule has 1 aromatic heterocycles. The molecule has 1 aliphatic carbocycles. The SMILES string of the molecule is COc1ccc(C2(c3ccccc3)C=Cc3cnn(S(=O)(=O)c4ccc(C)cc4)c3C2)cc1. The third-order valence-electron chi connectivity index (χ3n) is 6.30. The number of hydrogen-bond donors (Lipinski definition) is 0. The second-order valence-corrected chi connectivity index (χ2v) is 10.1. The van der Waals surface area contributed by atoms with Crippen LogP contribution in [0.1, 0.15) is 27.9 Å². The van der Waals surface area contributed by atoms with E-state index in [4.69, 9.17) is 4.74 Å². The Bertz CT molecular complexity index is 1420. The van der Waals surface area contributed by atoms with E-state index in [1.54, 1.807) is 37.6 Å². The lowest BCUT2D eigenvalue weighted by molar-refractivity contribution is 0.414. The van der Waals surface area contributed by atoms with Crippen LogP contribution in [0.3, 0.4) is 0 Å². The lowest BCUT2D eigenvalue weighted by atomic mass is 9.68. The quantitative estimate of drug-likeness (QED) is 0.424. The maximum atomic E-state index is 13.5. The predicted octanol–water partition coefficient (Wildman–Crippen LogP) is 4.99. The molecule has 0 N–H and O–H groups in total. The Labute approximate surface area is 194 Å². The summed E-state index contributed by atoms with van der Waals surface area (Å²) >= 11 is 0. The number of methoxy groups -OCH3 is 1. The molecule has 0 saturated heterocycles. The summed E-state index contributed by atoms with van der Waals surface area (Å²) in [4.78, 5) is 0.225. The fourth-order valence-electron chi connectivity index (χ4n) is 4.44. The fraction of sp³-hybridized carbons (Fsp3) is 0.148. The number of hydrogen-bond acceptors (Lipinski definition) is 4. The van der Waals surface area contributed by atoms with Gasteiger partial charge in [0.2, 0.25) is 0 Å². The molecule has 33 heavy (non-hydrogen) atoms. The molecule has 166 valence electrons. The van der Waals surface area contributed by atoms with Gasteiger partial charge in [-0.05, 0) is 42.3 Å². The molecule has 0 amide bonds. The van der Waals surface area contributed by atoms with E-state index in [9.17, 15) is 8.42 Å². The van der Waals surface area contributed by atoms with Crippen molar-refractivity contribution in [1.82, 2.24) is 9.19 Å². The lowest BCUT2D eigenvalue weighted by Crippen LogP contribution is -2.32. The Morgan fingerprint density at radius 2 is 1.58 bits per heavy atom. The molecular formula is C27H24N2O3S. The minimum absolute atomic E-state index is 0.225. The van der Waals surface area contributed by atoms with Crippen LogP contribution in [-0.2, 0) is 21.9 Å². The molecule has 1 heterocycles. The monoisotopic (exact) mass is 456 g/mol. The molecule has 3 aromatic carbocycles. The zero-order valence-electron chi connectivity index (χ0n) is 18.5. The Balaban J connectivity index is 1.66. The maximum Gasteiger partial charge on any atom is 0.283 e. The molecule has 0 aliphatic heterocycles. The second-order valence-electron chi connectivity index (χ2n) is 8.28. The molecule has 1 atom stereocenters. The second kappa shape index (κ2) is 8.05. The van der Waals surface area contributed by atoms with Gasteiger partial charge < -0.3 is 4.74 Å². The highest BCUT2D eigenvalue weighted by atomic mass is 32.2. The van der Waals surface area contributed by atoms with Crippen molar-refractivity contribution >= 4 is 16.1 Å². The van der Waals surface area contributed by atoms with Crippen LogP contribution >= 0.6 is 0 Å². The molecule has 0 radical (unpaired) electrons. The Morgan fingerprint density at radius 1 is 0.909 bits per heavy atom. The minimum atomic E-state index is -3.83. The van der Waals surface area contributed by atoms with E-state index < -0.39 is 15.4 Å². The third kappa shape index (κ3) is 3.56. The molecular weight excluding hydrogens is 432 g/mol. The predicted molar refractivity (Wildman–Crippen MR) is 129 cm³/mol. The first-order valence-corrected chi connectivity index (χ1v) is 12.2. The Kier molecular flexibility index (Phi) is 5.17.